The van der Waals surface area contributed by atoms with Crippen LogP contribution in [0.3, 0.4) is 0 Å². The molecular weight excluding hydrogens is 232 g/mol. The van der Waals surface area contributed by atoms with Crippen LogP contribution in [0, 0.1) is 0 Å². The van der Waals surface area contributed by atoms with Crippen LogP contribution in [-0.4, -0.2) is 11.6 Å². The molecular formula is C8H6Cl3NO. The third kappa shape index (κ3) is 1.58. The molecule has 0 saturated heterocycles. The molecule has 1 aromatic heterocycles. The summed E-state index contributed by atoms with van der Waals surface area (Å²) < 4.78 is 5.38. The number of hydrogen-bond acceptors (Lipinski definition) is 2. The topological polar surface area (TPSA) is 22.1 Å². The van der Waals surface area contributed by atoms with Crippen molar-refractivity contribution in [1.82, 2.24) is 4.98 Å². The summed E-state index contributed by atoms with van der Waals surface area (Å²) in [5.74, 6) is 0.595. The Bertz CT molecular complexity index is 354. The van der Waals surface area contributed by atoms with Crippen molar-refractivity contribution in [2.75, 3.05) is 6.61 Å². The summed E-state index contributed by atoms with van der Waals surface area (Å²) in [6.45, 7) is 0.656. The molecule has 0 N–H and O–H groups in total. The molecule has 1 aliphatic heterocycles. The fraction of sp³-hybridized carbons (Fsp3) is 0.375. The highest BCUT2D eigenvalue weighted by Gasteiger charge is 2.20. The van der Waals surface area contributed by atoms with Crippen molar-refractivity contribution in [2.45, 2.75) is 12.8 Å². The minimum absolute atomic E-state index is 0.201. The normalized spacial score (nSPS) is 15.0. The van der Waals surface area contributed by atoms with E-state index in [1.807, 2.05) is 0 Å². The SMILES string of the molecule is Clc1nc(Cl)c2c(c1Cl)OCCC2. The number of nitrogens with zero attached hydrogens (tertiary/aromatic N) is 1. The van der Waals surface area contributed by atoms with Gasteiger partial charge in [0.05, 0.1) is 6.61 Å². The molecule has 1 aromatic rings. The molecule has 0 aliphatic carbocycles. The summed E-state index contributed by atoms with van der Waals surface area (Å²) in [5, 5.41) is 0.956. The van der Waals surface area contributed by atoms with Gasteiger partial charge in [0.1, 0.15) is 15.9 Å². The maximum Gasteiger partial charge on any atom is 0.153 e. The van der Waals surface area contributed by atoms with Crippen LogP contribution < -0.4 is 4.74 Å². The first-order valence-electron chi connectivity index (χ1n) is 3.86. The third-order valence-corrected chi connectivity index (χ3v) is 2.95. The average Bonchev–Trinajstić information content (AvgIpc) is 2.15. The molecule has 0 atom stereocenters. The molecule has 0 unspecified atom stereocenters. The highest BCUT2D eigenvalue weighted by atomic mass is 35.5. The van der Waals surface area contributed by atoms with Gasteiger partial charge in [-0.15, -0.1) is 0 Å². The molecule has 0 radical (unpaired) electrons. The van der Waals surface area contributed by atoms with E-state index in [0.29, 0.717) is 22.5 Å². The standard InChI is InChI=1S/C8H6Cl3NO/c9-5-6-4(2-1-3-13-6)7(10)12-8(5)11/h1-3H2. The lowest BCUT2D eigenvalue weighted by Crippen LogP contribution is -2.10. The van der Waals surface area contributed by atoms with Gasteiger partial charge in [0, 0.05) is 5.56 Å². The molecule has 5 heteroatoms. The van der Waals surface area contributed by atoms with E-state index in [0.717, 1.165) is 18.4 Å². The summed E-state index contributed by atoms with van der Waals surface area (Å²) in [6.07, 6.45) is 1.78. The molecule has 0 saturated carbocycles. The van der Waals surface area contributed by atoms with E-state index < -0.39 is 0 Å². The first-order chi connectivity index (χ1) is 6.20. The monoisotopic (exact) mass is 237 g/mol. The molecule has 0 amide bonds. The van der Waals surface area contributed by atoms with E-state index in [2.05, 4.69) is 4.98 Å². The minimum Gasteiger partial charge on any atom is -0.491 e. The summed E-state index contributed by atoms with van der Waals surface area (Å²) in [7, 11) is 0. The Morgan fingerprint density at radius 3 is 2.69 bits per heavy atom. The molecule has 70 valence electrons. The summed E-state index contributed by atoms with van der Waals surface area (Å²) in [4.78, 5) is 3.91. The zero-order chi connectivity index (χ0) is 9.42. The van der Waals surface area contributed by atoms with Crippen molar-refractivity contribution in [1.29, 1.82) is 0 Å². The molecule has 0 bridgehead atoms. The third-order valence-electron chi connectivity index (χ3n) is 1.92. The van der Waals surface area contributed by atoms with Crippen molar-refractivity contribution in [3.8, 4) is 5.75 Å². The smallest absolute Gasteiger partial charge is 0.153 e. The van der Waals surface area contributed by atoms with Gasteiger partial charge in [0.2, 0.25) is 0 Å². The van der Waals surface area contributed by atoms with Crippen LogP contribution in [0.4, 0.5) is 0 Å². The first kappa shape index (κ1) is 9.38. The molecule has 1 aliphatic rings. The van der Waals surface area contributed by atoms with Crippen molar-refractivity contribution < 1.29 is 4.74 Å². The first-order valence-corrected chi connectivity index (χ1v) is 4.99. The Balaban J connectivity index is 2.63. The fourth-order valence-electron chi connectivity index (χ4n) is 1.31. The Kier molecular flexibility index (Phi) is 2.54. The van der Waals surface area contributed by atoms with E-state index in [1.54, 1.807) is 0 Å². The van der Waals surface area contributed by atoms with Gasteiger partial charge < -0.3 is 4.74 Å². The number of fused-ring (bicyclic) bond motifs is 1. The summed E-state index contributed by atoms with van der Waals surface area (Å²) >= 11 is 17.5. The Morgan fingerprint density at radius 2 is 1.92 bits per heavy atom. The number of hydrogen-bond donors (Lipinski definition) is 0. The van der Waals surface area contributed by atoms with Crippen molar-refractivity contribution in [3.63, 3.8) is 0 Å². The van der Waals surface area contributed by atoms with Crippen LogP contribution >= 0.6 is 34.8 Å². The van der Waals surface area contributed by atoms with Crippen LogP contribution in [0.2, 0.25) is 15.3 Å². The van der Waals surface area contributed by atoms with Crippen LogP contribution in [0.25, 0.3) is 0 Å². The van der Waals surface area contributed by atoms with Crippen LogP contribution in [0.5, 0.6) is 5.75 Å². The minimum atomic E-state index is 0.201. The lowest BCUT2D eigenvalue weighted by atomic mass is 10.1. The van der Waals surface area contributed by atoms with E-state index in [9.17, 15) is 0 Å². The summed E-state index contributed by atoms with van der Waals surface area (Å²) in [6, 6.07) is 0. The molecule has 2 nitrogen and oxygen atoms in total. The van der Waals surface area contributed by atoms with E-state index >= 15 is 0 Å². The van der Waals surface area contributed by atoms with Gasteiger partial charge in [-0.1, -0.05) is 34.8 Å². The lowest BCUT2D eigenvalue weighted by molar-refractivity contribution is 0.288. The second-order valence-corrected chi connectivity index (χ2v) is 3.86. The summed E-state index contributed by atoms with van der Waals surface area (Å²) in [5.41, 5.74) is 0.863. The van der Waals surface area contributed by atoms with Gasteiger partial charge in [-0.3, -0.25) is 0 Å². The van der Waals surface area contributed by atoms with E-state index in [1.165, 1.54) is 0 Å². The van der Waals surface area contributed by atoms with E-state index in [4.69, 9.17) is 39.5 Å². The van der Waals surface area contributed by atoms with Gasteiger partial charge in [-0.2, -0.15) is 0 Å². The van der Waals surface area contributed by atoms with E-state index in [-0.39, 0.29) is 5.15 Å². The predicted octanol–water partition coefficient (Wildman–Crippen LogP) is 3.37. The second kappa shape index (κ2) is 3.52. The number of aromatic nitrogens is 1. The maximum absolute atomic E-state index is 5.91. The second-order valence-electron chi connectivity index (χ2n) is 2.77. The van der Waals surface area contributed by atoms with Crippen molar-refractivity contribution >= 4 is 34.8 Å². The van der Waals surface area contributed by atoms with Gasteiger partial charge in [-0.05, 0) is 12.8 Å². The van der Waals surface area contributed by atoms with Crippen molar-refractivity contribution in [3.05, 3.63) is 20.9 Å². The van der Waals surface area contributed by atoms with Gasteiger partial charge in [-0.25, -0.2) is 4.98 Å². The largest absolute Gasteiger partial charge is 0.491 e. The zero-order valence-electron chi connectivity index (χ0n) is 6.61. The van der Waals surface area contributed by atoms with Crippen LogP contribution in [-0.2, 0) is 6.42 Å². The molecule has 2 rings (SSSR count). The van der Waals surface area contributed by atoms with Gasteiger partial charge >= 0.3 is 0 Å². The number of ether oxygens (including phenoxy) is 1. The molecule has 0 spiro atoms. The Hall–Kier alpha value is -0.180. The maximum atomic E-state index is 5.91. The molecule has 0 aromatic carbocycles. The zero-order valence-corrected chi connectivity index (χ0v) is 8.88. The molecule has 0 fully saturated rings. The highest BCUT2D eigenvalue weighted by Crippen LogP contribution is 2.39. The van der Waals surface area contributed by atoms with Crippen LogP contribution in [0.15, 0.2) is 0 Å². The number of halogens is 3. The number of rotatable bonds is 0. The van der Waals surface area contributed by atoms with Gasteiger partial charge in [0.25, 0.3) is 0 Å². The highest BCUT2D eigenvalue weighted by molar-refractivity contribution is 6.43. The Morgan fingerprint density at radius 1 is 1.15 bits per heavy atom. The van der Waals surface area contributed by atoms with Crippen molar-refractivity contribution in [2.24, 2.45) is 0 Å². The lowest BCUT2D eigenvalue weighted by Gasteiger charge is -2.19. The van der Waals surface area contributed by atoms with Crippen LogP contribution in [0.1, 0.15) is 12.0 Å². The predicted molar refractivity (Wildman–Crippen MR) is 53.1 cm³/mol. The quantitative estimate of drug-likeness (QED) is 0.647. The average molecular weight is 239 g/mol. The Labute approximate surface area is 90.8 Å². The van der Waals surface area contributed by atoms with Gasteiger partial charge in [0.15, 0.2) is 5.15 Å². The molecule has 2 heterocycles. The molecule has 13 heavy (non-hydrogen) atoms. The number of pyridine rings is 1. The fourth-order valence-corrected chi connectivity index (χ4v) is 2.00.